The Labute approximate surface area is 188 Å². The minimum Gasteiger partial charge on any atom is -0.357 e. The molecule has 2 N–H and O–H groups in total. The maximum absolute atomic E-state index is 13.8. The van der Waals surface area contributed by atoms with Gasteiger partial charge in [-0.05, 0) is 30.2 Å². The highest BCUT2D eigenvalue weighted by atomic mass is 127. The van der Waals surface area contributed by atoms with Gasteiger partial charge in [0.15, 0.2) is 5.96 Å². The van der Waals surface area contributed by atoms with Gasteiger partial charge in [-0.3, -0.25) is 4.98 Å². The zero-order valence-corrected chi connectivity index (χ0v) is 18.7. The van der Waals surface area contributed by atoms with Crippen molar-refractivity contribution in [2.75, 3.05) is 13.1 Å². The Kier molecular flexibility index (Phi) is 9.56. The number of hydrogen-bond acceptors (Lipinski definition) is 2. The standard InChI is InChI=1S/C23H25FN4.HI/c1-2-25-23(28-17-22-21(24)14-9-15-26-22)27-16-20(18-10-5-3-6-11-18)19-12-7-4-8-13-19;/h3-15,20H,2,16-17H2,1H3,(H2,25,27,28);1H. The zero-order chi connectivity index (χ0) is 19.6. The van der Waals surface area contributed by atoms with Gasteiger partial charge in [0.25, 0.3) is 0 Å². The van der Waals surface area contributed by atoms with Gasteiger partial charge in [0, 0.05) is 25.2 Å². The number of aromatic nitrogens is 1. The molecule has 29 heavy (non-hydrogen) atoms. The SMILES string of the molecule is CCNC(=NCc1ncccc1F)NCC(c1ccccc1)c1ccccc1.I. The molecule has 4 nitrogen and oxygen atoms in total. The molecule has 0 aliphatic carbocycles. The van der Waals surface area contributed by atoms with Crippen LogP contribution in [0.25, 0.3) is 0 Å². The first-order valence-corrected chi connectivity index (χ1v) is 9.49. The van der Waals surface area contributed by atoms with E-state index in [9.17, 15) is 4.39 Å². The van der Waals surface area contributed by atoms with Crippen LogP contribution in [0.4, 0.5) is 4.39 Å². The molecule has 0 unspecified atom stereocenters. The van der Waals surface area contributed by atoms with Crippen LogP contribution in [0.15, 0.2) is 84.0 Å². The van der Waals surface area contributed by atoms with Crippen molar-refractivity contribution >= 4 is 29.9 Å². The predicted molar refractivity (Wildman–Crippen MR) is 127 cm³/mol. The average Bonchev–Trinajstić information content (AvgIpc) is 2.74. The normalized spacial score (nSPS) is 11.1. The number of nitrogens with one attached hydrogen (secondary N) is 2. The van der Waals surface area contributed by atoms with Crippen LogP contribution in [0.1, 0.15) is 29.7 Å². The van der Waals surface area contributed by atoms with E-state index < -0.39 is 0 Å². The van der Waals surface area contributed by atoms with Crippen molar-refractivity contribution in [1.82, 2.24) is 15.6 Å². The third-order valence-corrected chi connectivity index (χ3v) is 4.44. The Bertz CT molecular complexity index is 848. The maximum Gasteiger partial charge on any atom is 0.191 e. The van der Waals surface area contributed by atoms with Crippen LogP contribution in [-0.4, -0.2) is 24.0 Å². The van der Waals surface area contributed by atoms with Gasteiger partial charge in [0.1, 0.15) is 5.82 Å². The molecule has 0 saturated heterocycles. The summed E-state index contributed by atoms with van der Waals surface area (Å²) in [6.07, 6.45) is 1.58. The van der Waals surface area contributed by atoms with E-state index in [1.807, 2.05) is 19.1 Å². The molecule has 3 rings (SSSR count). The lowest BCUT2D eigenvalue weighted by Crippen LogP contribution is -2.39. The van der Waals surface area contributed by atoms with Crippen LogP contribution in [-0.2, 0) is 6.54 Å². The van der Waals surface area contributed by atoms with Gasteiger partial charge < -0.3 is 10.6 Å². The summed E-state index contributed by atoms with van der Waals surface area (Å²) < 4.78 is 13.8. The number of benzene rings is 2. The summed E-state index contributed by atoms with van der Waals surface area (Å²) in [6, 6.07) is 23.7. The number of halogens is 2. The van der Waals surface area contributed by atoms with Gasteiger partial charge >= 0.3 is 0 Å². The van der Waals surface area contributed by atoms with Gasteiger partial charge in [-0.25, -0.2) is 9.38 Å². The lowest BCUT2D eigenvalue weighted by atomic mass is 9.91. The van der Waals surface area contributed by atoms with E-state index >= 15 is 0 Å². The van der Waals surface area contributed by atoms with Gasteiger partial charge in [0.05, 0.1) is 12.2 Å². The quantitative estimate of drug-likeness (QED) is 0.278. The summed E-state index contributed by atoms with van der Waals surface area (Å²) in [5.74, 6) is 0.482. The largest absolute Gasteiger partial charge is 0.357 e. The van der Waals surface area contributed by atoms with Crippen molar-refractivity contribution in [2.45, 2.75) is 19.4 Å². The molecule has 152 valence electrons. The Morgan fingerprint density at radius 3 is 2.10 bits per heavy atom. The van der Waals surface area contributed by atoms with Crippen molar-refractivity contribution in [3.05, 3.63) is 102 Å². The molecule has 0 saturated carbocycles. The molecule has 3 aromatic rings. The monoisotopic (exact) mass is 504 g/mol. The van der Waals surface area contributed by atoms with Crippen LogP contribution in [0, 0.1) is 5.82 Å². The number of hydrogen-bond donors (Lipinski definition) is 2. The number of nitrogens with zero attached hydrogens (tertiary/aromatic N) is 2. The molecule has 0 spiro atoms. The van der Waals surface area contributed by atoms with Gasteiger partial charge in [-0.2, -0.15) is 0 Å². The van der Waals surface area contributed by atoms with Crippen molar-refractivity contribution < 1.29 is 4.39 Å². The van der Waals surface area contributed by atoms with Crippen LogP contribution >= 0.6 is 24.0 Å². The maximum atomic E-state index is 13.8. The summed E-state index contributed by atoms with van der Waals surface area (Å²) in [6.45, 7) is 3.58. The van der Waals surface area contributed by atoms with E-state index in [0.29, 0.717) is 18.2 Å². The molecule has 0 fully saturated rings. The fourth-order valence-corrected chi connectivity index (χ4v) is 3.03. The first kappa shape index (κ1) is 22.8. The molecule has 0 aliphatic rings. The Morgan fingerprint density at radius 1 is 0.931 bits per heavy atom. The van der Waals surface area contributed by atoms with E-state index in [1.54, 1.807) is 12.3 Å². The fraction of sp³-hybridized carbons (Fsp3) is 0.217. The van der Waals surface area contributed by atoms with Crippen LogP contribution in [0.3, 0.4) is 0 Å². The number of guanidine groups is 1. The summed E-state index contributed by atoms with van der Waals surface area (Å²) >= 11 is 0. The summed E-state index contributed by atoms with van der Waals surface area (Å²) in [7, 11) is 0. The number of rotatable bonds is 7. The van der Waals surface area contributed by atoms with E-state index in [0.717, 1.165) is 6.54 Å². The second kappa shape index (κ2) is 12.2. The highest BCUT2D eigenvalue weighted by Crippen LogP contribution is 2.23. The summed E-state index contributed by atoms with van der Waals surface area (Å²) in [4.78, 5) is 8.56. The van der Waals surface area contributed by atoms with Crippen LogP contribution in [0.2, 0.25) is 0 Å². The zero-order valence-electron chi connectivity index (χ0n) is 16.4. The number of aliphatic imine (C=N–C) groups is 1. The van der Waals surface area contributed by atoms with E-state index in [-0.39, 0.29) is 42.3 Å². The molecule has 1 heterocycles. The smallest absolute Gasteiger partial charge is 0.191 e. The molecule has 1 aromatic heterocycles. The van der Waals surface area contributed by atoms with Gasteiger partial charge in [-0.15, -0.1) is 24.0 Å². The molecule has 0 bridgehead atoms. The first-order valence-electron chi connectivity index (χ1n) is 9.49. The molecule has 0 amide bonds. The van der Waals surface area contributed by atoms with Gasteiger partial charge in [-0.1, -0.05) is 60.7 Å². The Balaban J connectivity index is 0.00000300. The number of pyridine rings is 1. The molecule has 0 radical (unpaired) electrons. The molecule has 2 aromatic carbocycles. The first-order chi connectivity index (χ1) is 13.8. The molecule has 0 aliphatic heterocycles. The van der Waals surface area contributed by atoms with E-state index in [2.05, 4.69) is 69.1 Å². The average molecular weight is 504 g/mol. The minimum absolute atomic E-state index is 0. The Hall–Kier alpha value is -2.48. The van der Waals surface area contributed by atoms with Crippen molar-refractivity contribution in [1.29, 1.82) is 0 Å². The van der Waals surface area contributed by atoms with E-state index in [4.69, 9.17) is 0 Å². The lowest BCUT2D eigenvalue weighted by molar-refractivity contribution is 0.599. The van der Waals surface area contributed by atoms with Crippen LogP contribution in [0.5, 0.6) is 0 Å². The topological polar surface area (TPSA) is 49.3 Å². The second-order valence-corrected chi connectivity index (χ2v) is 6.38. The Morgan fingerprint density at radius 2 is 1.55 bits per heavy atom. The molecular formula is C23H26FIN4. The predicted octanol–water partition coefficient (Wildman–Crippen LogP) is 4.73. The van der Waals surface area contributed by atoms with Crippen molar-refractivity contribution in [2.24, 2.45) is 4.99 Å². The summed E-state index contributed by atoms with van der Waals surface area (Å²) in [5, 5.41) is 6.62. The lowest BCUT2D eigenvalue weighted by Gasteiger charge is -2.20. The summed E-state index contributed by atoms with van der Waals surface area (Å²) in [5.41, 5.74) is 2.79. The highest BCUT2D eigenvalue weighted by Gasteiger charge is 2.14. The van der Waals surface area contributed by atoms with Gasteiger partial charge in [0.2, 0.25) is 0 Å². The van der Waals surface area contributed by atoms with Crippen molar-refractivity contribution in [3.8, 4) is 0 Å². The van der Waals surface area contributed by atoms with E-state index in [1.165, 1.54) is 17.2 Å². The third kappa shape index (κ3) is 6.81. The molecule has 0 atom stereocenters. The van der Waals surface area contributed by atoms with Crippen LogP contribution < -0.4 is 10.6 Å². The third-order valence-electron chi connectivity index (χ3n) is 4.44. The molecular weight excluding hydrogens is 478 g/mol. The molecule has 6 heteroatoms. The second-order valence-electron chi connectivity index (χ2n) is 6.38. The van der Waals surface area contributed by atoms with Crippen molar-refractivity contribution in [3.63, 3.8) is 0 Å². The minimum atomic E-state index is -0.339. The fourth-order valence-electron chi connectivity index (χ4n) is 3.03. The highest BCUT2D eigenvalue weighted by molar-refractivity contribution is 14.0.